The second kappa shape index (κ2) is 68.3. The Kier molecular flexibility index (Phi) is 225. The van der Waals surface area contributed by atoms with Crippen LogP contribution in [0.2, 0.25) is 0 Å². The number of hydrogen-bond acceptors (Lipinski definition) is 3. The van der Waals surface area contributed by atoms with Gasteiger partial charge in [0, 0.05) is 13.7 Å². The third-order valence-corrected chi connectivity index (χ3v) is 0.512. The number of quaternary nitrogens is 1. The zero-order valence-electron chi connectivity index (χ0n) is 6.96. The van der Waals surface area contributed by atoms with Crippen molar-refractivity contribution in [1.82, 2.24) is 6.15 Å². The van der Waals surface area contributed by atoms with Crippen molar-refractivity contribution in [2.24, 2.45) is 0 Å². The normalized spacial score (nSPS) is 4.80. The number of unbranched alkanes of at least 4 members (excludes halogenated alkanes) is 1. The highest BCUT2D eigenvalue weighted by Gasteiger charge is 1.69. The van der Waals surface area contributed by atoms with E-state index < -0.39 is 0 Å². The quantitative estimate of drug-likeness (QED) is 0.512. The molecule has 0 aromatic carbocycles. The Hall–Kier alpha value is -0.200. The van der Waals surface area contributed by atoms with E-state index in [4.69, 9.17) is 10.2 Å². The summed E-state index contributed by atoms with van der Waals surface area (Å²) in [4.78, 5) is 0. The molecule has 0 radical (unpaired) electrons. The Labute approximate surface area is 61.9 Å². The predicted molar refractivity (Wildman–Crippen MR) is 41.7 cm³/mol. The minimum Gasteiger partial charge on any atom is -0.870 e. The third kappa shape index (κ3) is 111. The molecular formula is C5H21NO4. The fraction of sp³-hybridized carbons (Fsp3) is 1.00. The van der Waals surface area contributed by atoms with Crippen molar-refractivity contribution in [1.29, 1.82) is 0 Å². The minimum absolute atomic E-state index is 0. The highest BCUT2D eigenvalue weighted by atomic mass is 16.3. The minimum atomic E-state index is 0. The Morgan fingerprint density at radius 2 is 1.50 bits per heavy atom. The first-order chi connectivity index (χ1) is 3.41. The molecular weight excluding hydrogens is 138 g/mol. The van der Waals surface area contributed by atoms with Gasteiger partial charge in [-0.05, 0) is 6.42 Å². The smallest absolute Gasteiger partial charge is 0.0430 e. The van der Waals surface area contributed by atoms with Crippen molar-refractivity contribution in [2.75, 3.05) is 13.7 Å². The van der Waals surface area contributed by atoms with Gasteiger partial charge in [0.15, 0.2) is 0 Å². The molecule has 0 bridgehead atoms. The number of hydrogen-bond donors (Lipinski definition) is 3. The molecule has 5 nitrogen and oxygen atoms in total. The highest BCUT2D eigenvalue weighted by Crippen LogP contribution is 1.78. The summed E-state index contributed by atoms with van der Waals surface area (Å²) in [6.45, 7) is 2.40. The van der Waals surface area contributed by atoms with E-state index in [1.807, 2.05) is 0 Å². The summed E-state index contributed by atoms with van der Waals surface area (Å²) in [6.07, 6.45) is 2.04. The maximum atomic E-state index is 8.07. The summed E-state index contributed by atoms with van der Waals surface area (Å²) in [5.74, 6) is 0. The van der Waals surface area contributed by atoms with Crippen molar-refractivity contribution in [2.45, 2.75) is 19.8 Å². The number of rotatable bonds is 2. The van der Waals surface area contributed by atoms with Crippen LogP contribution < -0.4 is 6.15 Å². The first-order valence-electron chi connectivity index (χ1n) is 2.47. The van der Waals surface area contributed by atoms with Crippen molar-refractivity contribution in [3.05, 3.63) is 0 Å². The van der Waals surface area contributed by atoms with Crippen LogP contribution in [0.5, 0.6) is 0 Å². The molecule has 0 aromatic rings. The van der Waals surface area contributed by atoms with Crippen molar-refractivity contribution in [3.63, 3.8) is 0 Å². The van der Waals surface area contributed by atoms with Gasteiger partial charge in [0.25, 0.3) is 0 Å². The lowest BCUT2D eigenvalue weighted by Crippen LogP contribution is -1.75. The largest absolute Gasteiger partial charge is 0.870 e. The molecule has 0 saturated carbocycles. The lowest BCUT2D eigenvalue weighted by molar-refractivity contribution is 0.287. The third-order valence-electron chi connectivity index (χ3n) is 0.512. The number of aliphatic hydroxyl groups is 2. The van der Waals surface area contributed by atoms with Gasteiger partial charge in [0.05, 0.1) is 0 Å². The molecule has 0 amide bonds. The lowest BCUT2D eigenvalue weighted by atomic mass is 10.4. The van der Waals surface area contributed by atoms with Gasteiger partial charge in [-0.25, -0.2) is 0 Å². The molecule has 0 atom stereocenters. The van der Waals surface area contributed by atoms with Gasteiger partial charge >= 0.3 is 0 Å². The Balaban J connectivity index is -0.0000000154. The molecule has 0 fully saturated rings. The monoisotopic (exact) mass is 159 g/mol. The maximum Gasteiger partial charge on any atom is 0.0430 e. The summed E-state index contributed by atoms with van der Waals surface area (Å²) in [6, 6.07) is 0. The van der Waals surface area contributed by atoms with E-state index in [2.05, 4.69) is 6.92 Å². The molecule has 0 aliphatic heterocycles. The number of aliphatic hydroxyl groups excluding tert-OH is 2. The van der Waals surface area contributed by atoms with Gasteiger partial charge in [-0.15, -0.1) is 0 Å². The van der Waals surface area contributed by atoms with Gasteiger partial charge < -0.3 is 27.3 Å². The Morgan fingerprint density at radius 1 is 1.20 bits per heavy atom. The molecule has 70 valence electrons. The van der Waals surface area contributed by atoms with Gasteiger partial charge in [0.1, 0.15) is 0 Å². The van der Waals surface area contributed by atoms with E-state index >= 15 is 0 Å². The average Bonchev–Trinajstić information content (AvgIpc) is 1.75. The molecule has 0 saturated heterocycles. The van der Waals surface area contributed by atoms with Gasteiger partial charge in [0.2, 0.25) is 0 Å². The van der Waals surface area contributed by atoms with Crippen LogP contribution in [0.1, 0.15) is 19.8 Å². The van der Waals surface area contributed by atoms with E-state index in [0.717, 1.165) is 20.0 Å². The van der Waals surface area contributed by atoms with E-state index in [1.165, 1.54) is 0 Å². The zero-order valence-corrected chi connectivity index (χ0v) is 6.96. The summed E-state index contributed by atoms with van der Waals surface area (Å²) in [7, 11) is 1.00. The molecule has 0 spiro atoms. The summed E-state index contributed by atoms with van der Waals surface area (Å²) in [5.41, 5.74) is 0. The summed E-state index contributed by atoms with van der Waals surface area (Å²) in [5, 5.41) is 15.1. The van der Waals surface area contributed by atoms with Crippen LogP contribution in [-0.2, 0) is 0 Å². The van der Waals surface area contributed by atoms with Crippen LogP contribution in [-0.4, -0.2) is 34.9 Å². The molecule has 0 unspecified atom stereocenters. The van der Waals surface area contributed by atoms with Crippen LogP contribution in [0, 0.1) is 0 Å². The summed E-state index contributed by atoms with van der Waals surface area (Å²) >= 11 is 0. The highest BCUT2D eigenvalue weighted by molar-refractivity contribution is 4.23. The maximum absolute atomic E-state index is 8.07. The van der Waals surface area contributed by atoms with Crippen molar-refractivity contribution < 1.29 is 21.2 Å². The molecule has 0 aromatic heterocycles. The molecule has 5 heteroatoms. The topological polar surface area (TPSA) is 138 Å². The SMILES string of the molecule is CCCCO.CO.O.[NH4+].[OH-]. The molecule has 0 aliphatic rings. The fourth-order valence-electron chi connectivity index (χ4n) is 0.158. The second-order valence-electron chi connectivity index (χ2n) is 1.08. The molecule has 9 N–H and O–H groups in total. The second-order valence-corrected chi connectivity index (χ2v) is 1.08. The molecule has 0 aliphatic carbocycles. The first kappa shape index (κ1) is 32.9. The van der Waals surface area contributed by atoms with Crippen LogP contribution in [0.25, 0.3) is 0 Å². The Bertz CT molecular complexity index is 21.1. The van der Waals surface area contributed by atoms with Gasteiger partial charge in [-0.1, -0.05) is 13.3 Å². The summed E-state index contributed by atoms with van der Waals surface area (Å²) < 4.78 is 0. The molecule has 10 heavy (non-hydrogen) atoms. The van der Waals surface area contributed by atoms with Crippen LogP contribution in [0.4, 0.5) is 0 Å². The van der Waals surface area contributed by atoms with Crippen LogP contribution >= 0.6 is 0 Å². The predicted octanol–water partition coefficient (Wildman–Crippen LogP) is -0.238. The van der Waals surface area contributed by atoms with Gasteiger partial charge in [-0.2, -0.15) is 0 Å². The fourth-order valence-corrected chi connectivity index (χ4v) is 0.158. The standard InChI is InChI=1S/C4H10O.CH4O.H3N.2H2O/c1-2-3-4-5;1-2;;;/h5H,2-4H2,1H3;2H,1H3;1H3;2*1H2. The zero-order chi connectivity index (χ0) is 6.12. The van der Waals surface area contributed by atoms with Crippen LogP contribution in [0.15, 0.2) is 0 Å². The van der Waals surface area contributed by atoms with E-state index in [0.29, 0.717) is 6.61 Å². The van der Waals surface area contributed by atoms with E-state index in [1.54, 1.807) is 0 Å². The Morgan fingerprint density at radius 3 is 1.50 bits per heavy atom. The lowest BCUT2D eigenvalue weighted by Gasteiger charge is -1.79. The van der Waals surface area contributed by atoms with Crippen molar-refractivity contribution >= 4 is 0 Å². The first-order valence-corrected chi connectivity index (χ1v) is 2.47. The van der Waals surface area contributed by atoms with E-state index in [9.17, 15) is 0 Å². The molecule has 0 rings (SSSR count). The average molecular weight is 159 g/mol. The van der Waals surface area contributed by atoms with Crippen molar-refractivity contribution in [3.8, 4) is 0 Å². The van der Waals surface area contributed by atoms with Gasteiger partial charge in [-0.3, -0.25) is 0 Å². The van der Waals surface area contributed by atoms with Crippen LogP contribution in [0.3, 0.4) is 0 Å². The molecule has 0 heterocycles. The van der Waals surface area contributed by atoms with E-state index in [-0.39, 0.29) is 17.1 Å².